The Bertz CT molecular complexity index is 52.5. The molecule has 9 heavy (non-hydrogen) atoms. The van der Waals surface area contributed by atoms with Crippen LogP contribution >= 0.6 is 0 Å². The van der Waals surface area contributed by atoms with Crippen molar-refractivity contribution in [3.63, 3.8) is 0 Å². The van der Waals surface area contributed by atoms with Gasteiger partial charge in [-0.1, -0.05) is 0 Å². The Morgan fingerprint density at radius 1 is 0.889 bits per heavy atom. The van der Waals surface area contributed by atoms with Gasteiger partial charge in [-0.05, 0) is 0 Å². The van der Waals surface area contributed by atoms with Gasteiger partial charge in [0.2, 0.25) is 0 Å². The van der Waals surface area contributed by atoms with Gasteiger partial charge in [0.05, 0.1) is 13.2 Å². The number of aliphatic hydroxyl groups excluding tert-OH is 4. The molecule has 4 nitrogen and oxygen atoms in total. The van der Waals surface area contributed by atoms with Crippen molar-refractivity contribution in [1.29, 1.82) is 0 Å². The van der Waals surface area contributed by atoms with Gasteiger partial charge in [-0.3, -0.25) is 0 Å². The Morgan fingerprint density at radius 3 is 1.22 bits per heavy atom. The first kappa shape index (κ1) is 12.4. The predicted molar refractivity (Wildman–Crippen MR) is 34.7 cm³/mol. The van der Waals surface area contributed by atoms with Gasteiger partial charge in [-0.15, -0.1) is 0 Å². The van der Waals surface area contributed by atoms with E-state index in [2.05, 4.69) is 0 Å². The van der Waals surface area contributed by atoms with Crippen molar-refractivity contribution in [3.05, 3.63) is 0 Å². The summed E-state index contributed by atoms with van der Waals surface area (Å²) in [5.41, 5.74) is 0. The topological polar surface area (TPSA) is 80.9 Å². The molecule has 0 unspecified atom stereocenters. The Balaban J connectivity index is 0. The van der Waals surface area contributed by atoms with Gasteiger partial charge in [0.15, 0.2) is 0 Å². The summed E-state index contributed by atoms with van der Waals surface area (Å²) in [6.07, 6.45) is -2.44. The molecule has 2 radical (unpaired) electrons. The van der Waals surface area contributed by atoms with Crippen LogP contribution in [0.5, 0.6) is 0 Å². The molecule has 4 N–H and O–H groups in total. The van der Waals surface area contributed by atoms with Gasteiger partial charge in [0.1, 0.15) is 12.2 Å². The van der Waals surface area contributed by atoms with Crippen LogP contribution in [0.2, 0.25) is 0 Å². The van der Waals surface area contributed by atoms with Crippen LogP contribution in [0, 0.1) is 0 Å². The Kier molecular flexibility index (Phi) is 9.50. The van der Waals surface area contributed by atoms with Gasteiger partial charge in [0, 0.05) is 0 Å². The van der Waals surface area contributed by atoms with E-state index in [9.17, 15) is 0 Å². The standard InChI is InChI=1S/C4H10O4.Pb.2H/c5-1-3(7)4(8)2-6;;;/h3-8H,1-2H2;;;/t3-,4+;;;. The SMILES string of the molecule is OC[C@@H](O)[C@@H](O)CO.[PbH2]. The van der Waals surface area contributed by atoms with Crippen LogP contribution in [-0.4, -0.2) is 73.1 Å². The molecule has 0 saturated carbocycles. The third-order valence-corrected chi connectivity index (χ3v) is 0.818. The van der Waals surface area contributed by atoms with E-state index in [-0.39, 0.29) is 27.3 Å². The van der Waals surface area contributed by atoms with Crippen molar-refractivity contribution < 1.29 is 20.4 Å². The van der Waals surface area contributed by atoms with Crippen LogP contribution in [0.15, 0.2) is 0 Å². The van der Waals surface area contributed by atoms with Crippen LogP contribution < -0.4 is 0 Å². The van der Waals surface area contributed by atoms with Crippen molar-refractivity contribution >= 4 is 27.3 Å². The summed E-state index contributed by atoms with van der Waals surface area (Å²) in [4.78, 5) is 0. The Hall–Kier alpha value is 0.762. The molecule has 0 aliphatic carbocycles. The quantitative estimate of drug-likeness (QED) is 0.410. The average molecular weight is 331 g/mol. The third-order valence-electron chi connectivity index (χ3n) is 0.818. The molecule has 0 rings (SSSR count). The number of aliphatic hydroxyl groups is 4. The molecule has 0 aliphatic heterocycles. The Labute approximate surface area is 73.3 Å². The Morgan fingerprint density at radius 2 is 1.11 bits per heavy atom. The second-order valence-electron chi connectivity index (χ2n) is 1.50. The van der Waals surface area contributed by atoms with Crippen LogP contribution in [0.4, 0.5) is 0 Å². The van der Waals surface area contributed by atoms with Crippen LogP contribution in [0.25, 0.3) is 0 Å². The van der Waals surface area contributed by atoms with E-state index in [0.29, 0.717) is 0 Å². The fraction of sp³-hybridized carbons (Fsp3) is 1.00. The normalized spacial score (nSPS) is 16.0. The van der Waals surface area contributed by atoms with E-state index < -0.39 is 25.4 Å². The minimum atomic E-state index is -1.22. The summed E-state index contributed by atoms with van der Waals surface area (Å²) in [6, 6.07) is 0. The second kappa shape index (κ2) is 6.88. The monoisotopic (exact) mass is 332 g/mol. The van der Waals surface area contributed by atoms with Crippen molar-refractivity contribution in [2.75, 3.05) is 13.2 Å². The van der Waals surface area contributed by atoms with E-state index in [1.807, 2.05) is 0 Å². The van der Waals surface area contributed by atoms with Crippen LogP contribution in [-0.2, 0) is 0 Å². The number of rotatable bonds is 3. The molecule has 0 amide bonds. The summed E-state index contributed by atoms with van der Waals surface area (Å²) >= 11 is 0. The maximum atomic E-state index is 8.47. The molecule has 0 fully saturated rings. The zero-order chi connectivity index (χ0) is 6.57. The summed E-state index contributed by atoms with van der Waals surface area (Å²) in [5, 5.41) is 33.2. The third kappa shape index (κ3) is 5.22. The maximum absolute atomic E-state index is 8.47. The molecular formula is C4H12O4Pb. The molecule has 0 aromatic heterocycles. The fourth-order valence-electron chi connectivity index (χ4n) is 0.243. The first-order valence-electron chi connectivity index (χ1n) is 2.30. The first-order chi connectivity index (χ1) is 3.72. The van der Waals surface area contributed by atoms with Crippen molar-refractivity contribution in [2.45, 2.75) is 12.2 Å². The van der Waals surface area contributed by atoms with E-state index in [1.54, 1.807) is 0 Å². The summed E-state index contributed by atoms with van der Waals surface area (Å²) in [6.45, 7) is -1.05. The van der Waals surface area contributed by atoms with Crippen molar-refractivity contribution in [3.8, 4) is 0 Å². The molecule has 0 heterocycles. The zero-order valence-corrected chi connectivity index (χ0v) is 10.6. The van der Waals surface area contributed by atoms with Gasteiger partial charge < -0.3 is 20.4 Å². The zero-order valence-electron chi connectivity index (χ0n) is 5.06. The minimum absolute atomic E-state index is 0. The average Bonchev–Trinajstić information content (AvgIpc) is 1.84. The van der Waals surface area contributed by atoms with Gasteiger partial charge >= 0.3 is 27.3 Å². The molecule has 0 bridgehead atoms. The van der Waals surface area contributed by atoms with Crippen molar-refractivity contribution in [2.24, 2.45) is 0 Å². The summed E-state index contributed by atoms with van der Waals surface area (Å²) in [7, 11) is 0. The molecule has 2 atom stereocenters. The van der Waals surface area contributed by atoms with Gasteiger partial charge in [0.25, 0.3) is 0 Å². The molecule has 0 spiro atoms. The number of hydrogen-bond acceptors (Lipinski definition) is 4. The van der Waals surface area contributed by atoms with E-state index in [4.69, 9.17) is 20.4 Å². The second-order valence-corrected chi connectivity index (χ2v) is 1.50. The van der Waals surface area contributed by atoms with Gasteiger partial charge in [-0.2, -0.15) is 0 Å². The van der Waals surface area contributed by atoms with Crippen LogP contribution in [0.3, 0.4) is 0 Å². The van der Waals surface area contributed by atoms with Crippen LogP contribution in [0.1, 0.15) is 0 Å². The van der Waals surface area contributed by atoms with Gasteiger partial charge in [-0.25, -0.2) is 0 Å². The molecular weight excluding hydrogens is 319 g/mol. The molecule has 0 saturated heterocycles. The van der Waals surface area contributed by atoms with E-state index >= 15 is 0 Å². The van der Waals surface area contributed by atoms with E-state index in [1.165, 1.54) is 0 Å². The van der Waals surface area contributed by atoms with E-state index in [0.717, 1.165) is 0 Å². The summed E-state index contributed by atoms with van der Waals surface area (Å²) < 4.78 is 0. The predicted octanol–water partition coefficient (Wildman–Crippen LogP) is -3.22. The first-order valence-corrected chi connectivity index (χ1v) is 2.30. The number of hydrogen-bond donors (Lipinski definition) is 4. The summed E-state index contributed by atoms with van der Waals surface area (Å²) in [5.74, 6) is 0. The molecule has 0 aliphatic rings. The molecule has 0 aromatic rings. The molecule has 0 aromatic carbocycles. The molecule has 56 valence electrons. The van der Waals surface area contributed by atoms with Crippen molar-refractivity contribution in [1.82, 2.24) is 0 Å². The fourth-order valence-corrected chi connectivity index (χ4v) is 0.243. The molecule has 5 heteroatoms.